The van der Waals surface area contributed by atoms with Crippen molar-refractivity contribution in [2.45, 2.75) is 17.7 Å². The predicted molar refractivity (Wildman–Crippen MR) is 105 cm³/mol. The molecule has 1 amide bonds. The molecule has 0 unspecified atom stereocenters. The first-order chi connectivity index (χ1) is 13.8. The summed E-state index contributed by atoms with van der Waals surface area (Å²) in [6.45, 7) is 1.12. The summed E-state index contributed by atoms with van der Waals surface area (Å²) < 4.78 is 59.9. The number of rotatable bonds is 4. The summed E-state index contributed by atoms with van der Waals surface area (Å²) in [5, 5.41) is 2.30. The summed E-state index contributed by atoms with van der Waals surface area (Å²) in [6.07, 6.45) is 1.30. The maximum atomic E-state index is 14.4. The maximum absolute atomic E-state index is 14.4. The molecule has 10 heteroatoms. The zero-order valence-corrected chi connectivity index (χ0v) is 16.9. The highest BCUT2D eigenvalue weighted by Crippen LogP contribution is 2.24. The number of nitrogens with one attached hydrogen (secondary N) is 1. The van der Waals surface area contributed by atoms with E-state index in [4.69, 9.17) is 16.3 Å². The van der Waals surface area contributed by atoms with Gasteiger partial charge in [-0.2, -0.15) is 4.31 Å². The maximum Gasteiger partial charge on any atom is 0.255 e. The first-order valence-corrected chi connectivity index (χ1v) is 10.7. The van der Waals surface area contributed by atoms with Crippen LogP contribution in [0.4, 0.5) is 14.5 Å². The molecule has 0 saturated carbocycles. The molecule has 0 atom stereocenters. The SMILES string of the molecule is O=C(Nc1ccc(F)c(Cl)c1)c1ccc(F)c(S(=O)(=O)N2CCCCOCC2)c1. The van der Waals surface area contributed by atoms with Gasteiger partial charge in [-0.1, -0.05) is 11.6 Å². The zero-order valence-electron chi connectivity index (χ0n) is 15.3. The van der Waals surface area contributed by atoms with Gasteiger partial charge in [-0.25, -0.2) is 17.2 Å². The lowest BCUT2D eigenvalue weighted by Crippen LogP contribution is -2.37. The number of ether oxygens (including phenoxy) is 1. The minimum absolute atomic E-state index is 0.0614. The summed E-state index contributed by atoms with van der Waals surface area (Å²) in [5.74, 6) is -2.27. The van der Waals surface area contributed by atoms with E-state index in [0.29, 0.717) is 19.4 Å². The monoisotopic (exact) mass is 444 g/mol. The lowest BCUT2D eigenvalue weighted by atomic mass is 10.2. The van der Waals surface area contributed by atoms with E-state index >= 15 is 0 Å². The van der Waals surface area contributed by atoms with Crippen molar-refractivity contribution in [2.24, 2.45) is 0 Å². The molecule has 2 aromatic carbocycles. The molecule has 29 heavy (non-hydrogen) atoms. The Morgan fingerprint density at radius 2 is 1.79 bits per heavy atom. The minimum Gasteiger partial charge on any atom is -0.380 e. The van der Waals surface area contributed by atoms with Gasteiger partial charge in [0, 0.05) is 30.9 Å². The van der Waals surface area contributed by atoms with Crippen LogP contribution in [-0.4, -0.2) is 44.9 Å². The van der Waals surface area contributed by atoms with Crippen LogP contribution in [0, 0.1) is 11.6 Å². The summed E-state index contributed by atoms with van der Waals surface area (Å²) in [4.78, 5) is 11.9. The van der Waals surface area contributed by atoms with Crippen LogP contribution in [0.15, 0.2) is 41.3 Å². The van der Waals surface area contributed by atoms with Crippen molar-refractivity contribution in [2.75, 3.05) is 31.6 Å². The van der Waals surface area contributed by atoms with Gasteiger partial charge in [0.15, 0.2) is 0 Å². The van der Waals surface area contributed by atoms with E-state index in [9.17, 15) is 22.0 Å². The van der Waals surface area contributed by atoms with E-state index in [1.165, 1.54) is 18.2 Å². The van der Waals surface area contributed by atoms with Crippen LogP contribution >= 0.6 is 11.6 Å². The van der Waals surface area contributed by atoms with E-state index in [-0.39, 0.29) is 36.0 Å². The number of sulfonamides is 1. The van der Waals surface area contributed by atoms with Gasteiger partial charge in [0.05, 0.1) is 11.6 Å². The highest BCUT2D eigenvalue weighted by molar-refractivity contribution is 7.89. The fourth-order valence-corrected chi connectivity index (χ4v) is 4.60. The molecule has 1 fully saturated rings. The Morgan fingerprint density at radius 1 is 1.03 bits per heavy atom. The van der Waals surface area contributed by atoms with Crippen LogP contribution in [-0.2, 0) is 14.8 Å². The molecule has 0 bridgehead atoms. The number of anilines is 1. The number of nitrogens with zero attached hydrogens (tertiary/aromatic N) is 1. The molecule has 3 rings (SSSR count). The molecule has 1 N–H and O–H groups in total. The number of hydrogen-bond donors (Lipinski definition) is 1. The van der Waals surface area contributed by atoms with Crippen molar-refractivity contribution in [1.29, 1.82) is 0 Å². The molecule has 1 heterocycles. The molecule has 1 aliphatic rings. The van der Waals surface area contributed by atoms with Gasteiger partial charge in [0.2, 0.25) is 10.0 Å². The van der Waals surface area contributed by atoms with Gasteiger partial charge < -0.3 is 10.1 Å². The summed E-state index contributed by atoms with van der Waals surface area (Å²) in [6, 6.07) is 6.70. The molecule has 0 aliphatic carbocycles. The standard InChI is InChI=1S/C19H19ClF2N2O4S/c20-15-12-14(4-6-16(15)21)23-19(25)13-3-5-17(22)18(11-13)29(26,27)24-7-1-2-9-28-10-8-24/h3-6,11-12H,1-2,7-10H2,(H,23,25). The molecule has 1 aliphatic heterocycles. The Labute approximate surface area is 172 Å². The van der Waals surface area contributed by atoms with Crippen molar-refractivity contribution < 1.29 is 26.7 Å². The molecule has 156 valence electrons. The van der Waals surface area contributed by atoms with Gasteiger partial charge >= 0.3 is 0 Å². The normalized spacial score (nSPS) is 16.1. The fourth-order valence-electron chi connectivity index (χ4n) is 2.87. The minimum atomic E-state index is -4.15. The smallest absolute Gasteiger partial charge is 0.255 e. The second-order valence-electron chi connectivity index (χ2n) is 6.45. The van der Waals surface area contributed by atoms with Crippen LogP contribution in [0.1, 0.15) is 23.2 Å². The average molecular weight is 445 g/mol. The average Bonchev–Trinajstić information content (AvgIpc) is 2.64. The number of hydrogen-bond acceptors (Lipinski definition) is 4. The van der Waals surface area contributed by atoms with Gasteiger partial charge in [0.25, 0.3) is 5.91 Å². The van der Waals surface area contributed by atoms with E-state index in [1.807, 2.05) is 0 Å². The summed E-state index contributed by atoms with van der Waals surface area (Å²) >= 11 is 5.69. The Balaban J connectivity index is 1.86. The number of halogens is 3. The van der Waals surface area contributed by atoms with Crippen molar-refractivity contribution in [3.8, 4) is 0 Å². The van der Waals surface area contributed by atoms with Gasteiger partial charge in [0.1, 0.15) is 16.5 Å². The number of carbonyl (C=O) groups is 1. The second kappa shape index (κ2) is 9.17. The van der Waals surface area contributed by atoms with Crippen LogP contribution in [0.25, 0.3) is 0 Å². The molecular weight excluding hydrogens is 426 g/mol. The first-order valence-electron chi connectivity index (χ1n) is 8.93. The fraction of sp³-hybridized carbons (Fsp3) is 0.316. The van der Waals surface area contributed by atoms with E-state index < -0.39 is 32.5 Å². The summed E-state index contributed by atoms with van der Waals surface area (Å²) in [7, 11) is -4.15. The van der Waals surface area contributed by atoms with Gasteiger partial charge in [-0.15, -0.1) is 0 Å². The summed E-state index contributed by atoms with van der Waals surface area (Å²) in [5.41, 5.74) is 0.157. The van der Waals surface area contributed by atoms with Crippen LogP contribution < -0.4 is 5.32 Å². The highest BCUT2D eigenvalue weighted by atomic mass is 35.5. The molecule has 0 radical (unpaired) electrons. The van der Waals surface area contributed by atoms with Crippen LogP contribution in [0.2, 0.25) is 5.02 Å². The Bertz CT molecular complexity index is 1010. The second-order valence-corrected chi connectivity index (χ2v) is 8.77. The molecule has 1 saturated heterocycles. The number of amides is 1. The number of carbonyl (C=O) groups excluding carboxylic acids is 1. The predicted octanol–water partition coefficient (Wildman–Crippen LogP) is 3.67. The molecule has 6 nitrogen and oxygen atoms in total. The first kappa shape index (κ1) is 21.6. The van der Waals surface area contributed by atoms with Crippen LogP contribution in [0.3, 0.4) is 0 Å². The largest absolute Gasteiger partial charge is 0.380 e. The van der Waals surface area contributed by atoms with Crippen molar-refractivity contribution in [3.63, 3.8) is 0 Å². The van der Waals surface area contributed by atoms with E-state index in [0.717, 1.165) is 22.5 Å². The topological polar surface area (TPSA) is 75.7 Å². The van der Waals surface area contributed by atoms with Crippen molar-refractivity contribution in [3.05, 3.63) is 58.6 Å². The third-order valence-electron chi connectivity index (χ3n) is 4.42. The van der Waals surface area contributed by atoms with Gasteiger partial charge in [-0.3, -0.25) is 4.79 Å². The Kier molecular flexibility index (Phi) is 6.84. The lowest BCUT2D eigenvalue weighted by molar-refractivity contribution is 0.102. The molecule has 0 spiro atoms. The van der Waals surface area contributed by atoms with Gasteiger partial charge in [-0.05, 0) is 49.2 Å². The van der Waals surface area contributed by atoms with Crippen molar-refractivity contribution in [1.82, 2.24) is 4.31 Å². The Hall–Kier alpha value is -2.07. The lowest BCUT2D eigenvalue weighted by Gasteiger charge is -2.24. The van der Waals surface area contributed by atoms with Crippen LogP contribution in [0.5, 0.6) is 0 Å². The third kappa shape index (κ3) is 5.11. The molecular formula is C19H19ClF2N2O4S. The Morgan fingerprint density at radius 3 is 2.55 bits per heavy atom. The molecule has 0 aromatic heterocycles. The van der Waals surface area contributed by atoms with E-state index in [2.05, 4.69) is 5.32 Å². The van der Waals surface area contributed by atoms with E-state index in [1.54, 1.807) is 0 Å². The number of benzene rings is 2. The highest BCUT2D eigenvalue weighted by Gasteiger charge is 2.28. The third-order valence-corrected chi connectivity index (χ3v) is 6.62. The van der Waals surface area contributed by atoms with Crippen molar-refractivity contribution >= 4 is 33.2 Å². The quantitative estimate of drug-likeness (QED) is 0.780. The zero-order chi connectivity index (χ0) is 21.0. The molecule has 2 aromatic rings.